The van der Waals surface area contributed by atoms with Gasteiger partial charge in [-0.1, -0.05) is 46.9 Å². The molecular weight excluding hydrogens is 319 g/mol. The number of hydrogen-bond donors (Lipinski definition) is 1. The lowest BCUT2D eigenvalue weighted by atomic mass is 10.1. The summed E-state index contributed by atoms with van der Waals surface area (Å²) in [6.45, 7) is 1.88. The molecule has 3 nitrogen and oxygen atoms in total. The predicted molar refractivity (Wildman–Crippen MR) is 81.6 cm³/mol. The number of carbonyl (C=O) groups is 1. The van der Waals surface area contributed by atoms with Crippen LogP contribution in [0.4, 0.5) is 0 Å². The quantitative estimate of drug-likeness (QED) is 0.840. The third-order valence-corrected chi connectivity index (χ3v) is 3.71. The van der Waals surface area contributed by atoms with Gasteiger partial charge < -0.3 is 5.32 Å². The molecule has 1 aromatic carbocycles. The minimum atomic E-state index is -0.265. The van der Waals surface area contributed by atoms with E-state index in [-0.39, 0.29) is 22.1 Å². The number of amides is 1. The number of nitrogens with zero attached hydrogens (tertiary/aromatic N) is 1. The lowest BCUT2D eigenvalue weighted by Crippen LogP contribution is -2.26. The van der Waals surface area contributed by atoms with E-state index in [9.17, 15) is 4.79 Å². The molecule has 2 rings (SSSR count). The molecule has 0 radical (unpaired) electrons. The highest BCUT2D eigenvalue weighted by atomic mass is 35.5. The van der Waals surface area contributed by atoms with E-state index in [2.05, 4.69) is 10.3 Å². The standard InChI is InChI=1S/C14H11Cl3N2O/c1-8(9-2-4-11(15)5-3-9)19-14(20)10-6-12(16)13(17)18-7-10/h2-8H,1H3,(H,19,20). The van der Waals surface area contributed by atoms with Crippen LogP contribution in [0.3, 0.4) is 0 Å². The van der Waals surface area contributed by atoms with Crippen LogP contribution >= 0.6 is 34.8 Å². The van der Waals surface area contributed by atoms with Gasteiger partial charge in [0.05, 0.1) is 16.6 Å². The van der Waals surface area contributed by atoms with Crippen molar-refractivity contribution in [2.24, 2.45) is 0 Å². The van der Waals surface area contributed by atoms with Crippen molar-refractivity contribution in [3.8, 4) is 0 Å². The van der Waals surface area contributed by atoms with Gasteiger partial charge in [-0.25, -0.2) is 4.98 Å². The van der Waals surface area contributed by atoms with Crippen molar-refractivity contribution >= 4 is 40.7 Å². The van der Waals surface area contributed by atoms with E-state index in [0.29, 0.717) is 10.6 Å². The molecule has 1 unspecified atom stereocenters. The van der Waals surface area contributed by atoms with Crippen molar-refractivity contribution in [2.45, 2.75) is 13.0 Å². The fourth-order valence-electron chi connectivity index (χ4n) is 1.66. The average Bonchev–Trinajstić information content (AvgIpc) is 2.42. The largest absolute Gasteiger partial charge is 0.345 e. The van der Waals surface area contributed by atoms with Crippen LogP contribution in [0.2, 0.25) is 15.2 Å². The molecule has 104 valence electrons. The van der Waals surface area contributed by atoms with Crippen LogP contribution in [0.5, 0.6) is 0 Å². The summed E-state index contributed by atoms with van der Waals surface area (Å²) in [5.41, 5.74) is 1.32. The summed E-state index contributed by atoms with van der Waals surface area (Å²) in [5, 5.41) is 3.93. The summed E-state index contributed by atoms with van der Waals surface area (Å²) < 4.78 is 0. The summed E-state index contributed by atoms with van der Waals surface area (Å²) in [6.07, 6.45) is 1.39. The molecule has 20 heavy (non-hydrogen) atoms. The van der Waals surface area contributed by atoms with Gasteiger partial charge in [0, 0.05) is 11.2 Å². The van der Waals surface area contributed by atoms with Crippen molar-refractivity contribution in [3.63, 3.8) is 0 Å². The Kier molecular flexibility index (Phi) is 4.86. The normalized spacial score (nSPS) is 12.0. The van der Waals surface area contributed by atoms with E-state index in [1.807, 2.05) is 19.1 Å². The zero-order valence-electron chi connectivity index (χ0n) is 10.5. The lowest BCUT2D eigenvalue weighted by molar-refractivity contribution is 0.0939. The topological polar surface area (TPSA) is 42.0 Å². The van der Waals surface area contributed by atoms with Crippen LogP contribution in [0.1, 0.15) is 28.9 Å². The van der Waals surface area contributed by atoms with Crippen LogP contribution in [0.25, 0.3) is 0 Å². The summed E-state index contributed by atoms with van der Waals surface area (Å²) in [5.74, 6) is -0.265. The molecule has 1 atom stereocenters. The van der Waals surface area contributed by atoms with Crippen LogP contribution in [-0.2, 0) is 0 Å². The van der Waals surface area contributed by atoms with Gasteiger partial charge in [-0.2, -0.15) is 0 Å². The second kappa shape index (κ2) is 6.44. The first-order valence-electron chi connectivity index (χ1n) is 5.84. The molecule has 0 fully saturated rings. The summed E-state index contributed by atoms with van der Waals surface area (Å²) in [4.78, 5) is 15.9. The zero-order chi connectivity index (χ0) is 14.7. The third kappa shape index (κ3) is 3.63. The fourth-order valence-corrected chi connectivity index (χ4v) is 2.06. The number of pyridine rings is 1. The number of benzene rings is 1. The summed E-state index contributed by atoms with van der Waals surface area (Å²) in [7, 11) is 0. The second-order valence-electron chi connectivity index (χ2n) is 4.24. The Morgan fingerprint density at radius 3 is 2.45 bits per heavy atom. The van der Waals surface area contributed by atoms with Gasteiger partial charge in [-0.3, -0.25) is 4.79 Å². The third-order valence-electron chi connectivity index (χ3n) is 2.78. The minimum absolute atomic E-state index is 0.158. The van der Waals surface area contributed by atoms with Gasteiger partial charge in [0.2, 0.25) is 0 Å². The number of hydrogen-bond acceptors (Lipinski definition) is 2. The average molecular weight is 330 g/mol. The fraction of sp³-hybridized carbons (Fsp3) is 0.143. The van der Waals surface area contributed by atoms with E-state index in [0.717, 1.165) is 5.56 Å². The first-order valence-corrected chi connectivity index (χ1v) is 6.98. The highest BCUT2D eigenvalue weighted by Gasteiger charge is 2.13. The van der Waals surface area contributed by atoms with Crippen molar-refractivity contribution in [3.05, 3.63) is 62.9 Å². The molecule has 0 aliphatic carbocycles. The van der Waals surface area contributed by atoms with E-state index < -0.39 is 0 Å². The van der Waals surface area contributed by atoms with Gasteiger partial charge >= 0.3 is 0 Å². The molecule has 1 N–H and O–H groups in total. The number of aromatic nitrogens is 1. The van der Waals surface area contributed by atoms with Gasteiger partial charge in [-0.15, -0.1) is 0 Å². The molecule has 0 bridgehead atoms. The van der Waals surface area contributed by atoms with Crippen LogP contribution in [0.15, 0.2) is 36.5 Å². The number of halogens is 3. The Morgan fingerprint density at radius 2 is 1.85 bits per heavy atom. The number of rotatable bonds is 3. The molecule has 0 aliphatic heterocycles. The van der Waals surface area contributed by atoms with Crippen molar-refractivity contribution in [2.75, 3.05) is 0 Å². The van der Waals surface area contributed by atoms with Gasteiger partial charge in [0.15, 0.2) is 0 Å². The maximum atomic E-state index is 12.1. The van der Waals surface area contributed by atoms with Crippen molar-refractivity contribution in [1.82, 2.24) is 10.3 Å². The molecule has 1 aromatic heterocycles. The first-order chi connectivity index (χ1) is 9.47. The Bertz CT molecular complexity index is 629. The van der Waals surface area contributed by atoms with E-state index in [1.54, 1.807) is 12.1 Å². The molecular formula is C14H11Cl3N2O. The molecule has 2 aromatic rings. The van der Waals surface area contributed by atoms with E-state index in [1.165, 1.54) is 12.3 Å². The molecule has 0 aliphatic rings. The van der Waals surface area contributed by atoms with Gasteiger partial charge in [0.1, 0.15) is 5.15 Å². The van der Waals surface area contributed by atoms with E-state index in [4.69, 9.17) is 34.8 Å². The Morgan fingerprint density at radius 1 is 1.20 bits per heavy atom. The predicted octanol–water partition coefficient (Wildman–Crippen LogP) is 4.53. The van der Waals surface area contributed by atoms with Crippen LogP contribution in [-0.4, -0.2) is 10.9 Å². The van der Waals surface area contributed by atoms with Gasteiger partial charge in [-0.05, 0) is 30.7 Å². The highest BCUT2D eigenvalue weighted by molar-refractivity contribution is 6.41. The zero-order valence-corrected chi connectivity index (χ0v) is 12.8. The Labute approximate surface area is 131 Å². The van der Waals surface area contributed by atoms with Crippen LogP contribution < -0.4 is 5.32 Å². The molecule has 0 spiro atoms. The van der Waals surface area contributed by atoms with Crippen molar-refractivity contribution < 1.29 is 4.79 Å². The molecule has 1 heterocycles. The second-order valence-corrected chi connectivity index (χ2v) is 5.44. The minimum Gasteiger partial charge on any atom is -0.345 e. The van der Waals surface area contributed by atoms with Crippen molar-refractivity contribution in [1.29, 1.82) is 0 Å². The maximum Gasteiger partial charge on any atom is 0.253 e. The Balaban J connectivity index is 2.10. The SMILES string of the molecule is CC(NC(=O)c1cnc(Cl)c(Cl)c1)c1ccc(Cl)cc1. The van der Waals surface area contributed by atoms with E-state index >= 15 is 0 Å². The van der Waals surface area contributed by atoms with Gasteiger partial charge in [0.25, 0.3) is 5.91 Å². The smallest absolute Gasteiger partial charge is 0.253 e. The summed E-state index contributed by atoms with van der Waals surface area (Å²) in [6, 6.07) is 8.61. The number of carbonyl (C=O) groups excluding carboxylic acids is 1. The summed E-state index contributed by atoms with van der Waals surface area (Å²) >= 11 is 17.4. The monoisotopic (exact) mass is 328 g/mol. The molecule has 6 heteroatoms. The first kappa shape index (κ1) is 15.1. The molecule has 0 saturated carbocycles. The lowest BCUT2D eigenvalue weighted by Gasteiger charge is -2.14. The van der Waals surface area contributed by atoms with Crippen LogP contribution in [0, 0.1) is 0 Å². The Hall–Kier alpha value is -1.29. The molecule has 1 amide bonds. The maximum absolute atomic E-state index is 12.1. The highest BCUT2D eigenvalue weighted by Crippen LogP contribution is 2.21. The molecule has 0 saturated heterocycles. The number of nitrogens with one attached hydrogen (secondary N) is 1.